The Bertz CT molecular complexity index is 578. The molecule has 2 rings (SSSR count). The standard InChI is InChI=1S/C15H17NO4/c1-10(13-5-4-8-20-13)16-15(17)12-9-11(18-2)6-7-14(12)19-3/h4-10H,1-3H3,(H,16,17). The van der Waals surface area contributed by atoms with E-state index in [1.165, 1.54) is 7.11 Å². The van der Waals surface area contributed by atoms with Crippen LogP contribution in [-0.4, -0.2) is 20.1 Å². The van der Waals surface area contributed by atoms with Gasteiger partial charge in [-0.3, -0.25) is 4.79 Å². The van der Waals surface area contributed by atoms with Crippen LogP contribution >= 0.6 is 0 Å². The molecule has 0 saturated heterocycles. The van der Waals surface area contributed by atoms with Crippen LogP contribution in [0.1, 0.15) is 29.1 Å². The monoisotopic (exact) mass is 275 g/mol. The summed E-state index contributed by atoms with van der Waals surface area (Å²) in [4.78, 5) is 12.3. The molecule has 0 fully saturated rings. The molecule has 0 spiro atoms. The van der Waals surface area contributed by atoms with Gasteiger partial charge in [-0.25, -0.2) is 0 Å². The number of hydrogen-bond acceptors (Lipinski definition) is 4. The molecule has 0 aliphatic heterocycles. The molecule has 0 bridgehead atoms. The molecule has 1 unspecified atom stereocenters. The highest BCUT2D eigenvalue weighted by Crippen LogP contribution is 2.24. The third kappa shape index (κ3) is 2.93. The SMILES string of the molecule is COc1ccc(OC)c(C(=O)NC(C)c2ccco2)c1. The maximum Gasteiger partial charge on any atom is 0.255 e. The summed E-state index contributed by atoms with van der Waals surface area (Å²) in [5.41, 5.74) is 0.422. The Morgan fingerprint density at radius 3 is 2.65 bits per heavy atom. The van der Waals surface area contributed by atoms with E-state index in [2.05, 4.69) is 5.32 Å². The molecule has 5 nitrogen and oxygen atoms in total. The van der Waals surface area contributed by atoms with Crippen LogP contribution in [0.15, 0.2) is 41.0 Å². The number of carbonyl (C=O) groups excluding carboxylic acids is 1. The molecular formula is C15H17NO4. The number of amides is 1. The van der Waals surface area contributed by atoms with Crippen LogP contribution in [-0.2, 0) is 0 Å². The second-order valence-electron chi connectivity index (χ2n) is 4.28. The number of hydrogen-bond donors (Lipinski definition) is 1. The summed E-state index contributed by atoms with van der Waals surface area (Å²) in [6.07, 6.45) is 1.57. The lowest BCUT2D eigenvalue weighted by atomic mass is 10.1. The zero-order valence-corrected chi connectivity index (χ0v) is 11.7. The highest BCUT2D eigenvalue weighted by atomic mass is 16.5. The predicted molar refractivity (Wildman–Crippen MR) is 74.1 cm³/mol. The highest BCUT2D eigenvalue weighted by molar-refractivity contribution is 5.97. The predicted octanol–water partition coefficient (Wildman–Crippen LogP) is 2.79. The van der Waals surface area contributed by atoms with Gasteiger partial charge in [0.25, 0.3) is 5.91 Å². The van der Waals surface area contributed by atoms with Gasteiger partial charge >= 0.3 is 0 Å². The first-order valence-electron chi connectivity index (χ1n) is 6.22. The van der Waals surface area contributed by atoms with E-state index in [4.69, 9.17) is 13.9 Å². The lowest BCUT2D eigenvalue weighted by Gasteiger charge is -2.14. The van der Waals surface area contributed by atoms with Gasteiger partial charge in [-0.15, -0.1) is 0 Å². The molecule has 1 amide bonds. The molecule has 1 atom stereocenters. The number of ether oxygens (including phenoxy) is 2. The first kappa shape index (κ1) is 14.0. The largest absolute Gasteiger partial charge is 0.497 e. The number of benzene rings is 1. The van der Waals surface area contributed by atoms with E-state index >= 15 is 0 Å². The summed E-state index contributed by atoms with van der Waals surface area (Å²) in [5, 5.41) is 2.86. The topological polar surface area (TPSA) is 60.7 Å². The second kappa shape index (κ2) is 6.14. The maximum atomic E-state index is 12.3. The van der Waals surface area contributed by atoms with Gasteiger partial charge in [0.1, 0.15) is 17.3 Å². The van der Waals surface area contributed by atoms with Gasteiger partial charge in [0.05, 0.1) is 32.1 Å². The van der Waals surface area contributed by atoms with E-state index < -0.39 is 0 Å². The molecule has 0 radical (unpaired) electrons. The first-order chi connectivity index (χ1) is 9.65. The fraction of sp³-hybridized carbons (Fsp3) is 0.267. The van der Waals surface area contributed by atoms with Crippen LogP contribution in [0.4, 0.5) is 0 Å². The van der Waals surface area contributed by atoms with E-state index in [1.54, 1.807) is 37.6 Å². The Morgan fingerprint density at radius 1 is 1.25 bits per heavy atom. The van der Waals surface area contributed by atoms with Crippen molar-refractivity contribution < 1.29 is 18.7 Å². The van der Waals surface area contributed by atoms with Gasteiger partial charge in [0.2, 0.25) is 0 Å². The fourth-order valence-electron chi connectivity index (χ4n) is 1.87. The summed E-state index contributed by atoms with van der Waals surface area (Å²) in [6.45, 7) is 1.85. The Hall–Kier alpha value is -2.43. The van der Waals surface area contributed by atoms with Gasteiger partial charge in [0, 0.05) is 0 Å². The minimum absolute atomic E-state index is 0.228. The second-order valence-corrected chi connectivity index (χ2v) is 4.28. The molecule has 20 heavy (non-hydrogen) atoms. The fourth-order valence-corrected chi connectivity index (χ4v) is 1.87. The summed E-state index contributed by atoms with van der Waals surface area (Å²) in [6, 6.07) is 8.45. The van der Waals surface area contributed by atoms with Crippen molar-refractivity contribution in [1.29, 1.82) is 0 Å². The van der Waals surface area contributed by atoms with Crippen molar-refractivity contribution in [2.24, 2.45) is 0 Å². The van der Waals surface area contributed by atoms with Crippen LogP contribution in [0, 0.1) is 0 Å². The average molecular weight is 275 g/mol. The quantitative estimate of drug-likeness (QED) is 0.911. The van der Waals surface area contributed by atoms with E-state index in [9.17, 15) is 4.79 Å². The molecule has 106 valence electrons. The molecule has 1 N–H and O–H groups in total. The Morgan fingerprint density at radius 2 is 2.05 bits per heavy atom. The van der Waals surface area contributed by atoms with Crippen molar-refractivity contribution in [3.05, 3.63) is 47.9 Å². The van der Waals surface area contributed by atoms with Gasteiger partial charge < -0.3 is 19.2 Å². The molecule has 5 heteroatoms. The number of furan rings is 1. The lowest BCUT2D eigenvalue weighted by molar-refractivity contribution is 0.0932. The molecule has 0 aliphatic carbocycles. The summed E-state index contributed by atoms with van der Waals surface area (Å²) in [5.74, 6) is 1.54. The number of rotatable bonds is 5. The van der Waals surface area contributed by atoms with Crippen molar-refractivity contribution in [3.8, 4) is 11.5 Å². The van der Waals surface area contributed by atoms with E-state index in [1.807, 2.05) is 13.0 Å². The minimum Gasteiger partial charge on any atom is -0.497 e. The molecule has 1 aromatic heterocycles. The van der Waals surface area contributed by atoms with Gasteiger partial charge in [-0.05, 0) is 37.3 Å². The highest BCUT2D eigenvalue weighted by Gasteiger charge is 2.17. The zero-order valence-electron chi connectivity index (χ0n) is 11.7. The minimum atomic E-state index is -0.246. The first-order valence-corrected chi connectivity index (χ1v) is 6.22. The number of methoxy groups -OCH3 is 2. The van der Waals surface area contributed by atoms with E-state index in [0.29, 0.717) is 22.8 Å². The van der Waals surface area contributed by atoms with Crippen LogP contribution in [0.25, 0.3) is 0 Å². The number of nitrogens with one attached hydrogen (secondary N) is 1. The molecule has 2 aromatic rings. The van der Waals surface area contributed by atoms with E-state index in [0.717, 1.165) is 0 Å². The van der Waals surface area contributed by atoms with Crippen molar-refractivity contribution in [3.63, 3.8) is 0 Å². The summed E-state index contributed by atoms with van der Waals surface area (Å²) < 4.78 is 15.6. The lowest BCUT2D eigenvalue weighted by Crippen LogP contribution is -2.26. The van der Waals surface area contributed by atoms with Crippen LogP contribution < -0.4 is 14.8 Å². The molecule has 0 saturated carbocycles. The molecule has 1 aromatic carbocycles. The molecule has 0 aliphatic rings. The van der Waals surface area contributed by atoms with Crippen LogP contribution in [0.3, 0.4) is 0 Å². The summed E-state index contributed by atoms with van der Waals surface area (Å²) in [7, 11) is 3.07. The van der Waals surface area contributed by atoms with Crippen molar-refractivity contribution in [1.82, 2.24) is 5.32 Å². The average Bonchev–Trinajstić information content (AvgIpc) is 3.00. The van der Waals surface area contributed by atoms with Crippen LogP contribution in [0.2, 0.25) is 0 Å². The van der Waals surface area contributed by atoms with Crippen molar-refractivity contribution in [2.45, 2.75) is 13.0 Å². The Balaban J connectivity index is 2.20. The van der Waals surface area contributed by atoms with Crippen molar-refractivity contribution in [2.75, 3.05) is 14.2 Å². The third-order valence-electron chi connectivity index (χ3n) is 2.97. The maximum absolute atomic E-state index is 12.3. The van der Waals surface area contributed by atoms with Gasteiger partial charge in [0.15, 0.2) is 0 Å². The molecule has 1 heterocycles. The summed E-state index contributed by atoms with van der Waals surface area (Å²) >= 11 is 0. The van der Waals surface area contributed by atoms with Crippen molar-refractivity contribution >= 4 is 5.91 Å². The zero-order chi connectivity index (χ0) is 14.5. The Labute approximate surface area is 117 Å². The van der Waals surface area contributed by atoms with Gasteiger partial charge in [-0.1, -0.05) is 0 Å². The number of carbonyl (C=O) groups is 1. The third-order valence-corrected chi connectivity index (χ3v) is 2.97. The van der Waals surface area contributed by atoms with E-state index in [-0.39, 0.29) is 11.9 Å². The van der Waals surface area contributed by atoms with Crippen LogP contribution in [0.5, 0.6) is 11.5 Å². The molecular weight excluding hydrogens is 258 g/mol. The normalized spacial score (nSPS) is 11.8. The van der Waals surface area contributed by atoms with Gasteiger partial charge in [-0.2, -0.15) is 0 Å². The Kier molecular flexibility index (Phi) is 4.30. The smallest absolute Gasteiger partial charge is 0.255 e.